The number of carbonyl (C=O) groups is 3. The van der Waals surface area contributed by atoms with Crippen LogP contribution in [0.5, 0.6) is 11.5 Å². The van der Waals surface area contributed by atoms with Gasteiger partial charge in [-0.05, 0) is 84.8 Å². The first-order chi connectivity index (χ1) is 22.2. The third-order valence-electron chi connectivity index (χ3n) is 8.86. The number of carbonyl (C=O) groups excluding carboxylic acids is 1. The highest BCUT2D eigenvalue weighted by Crippen LogP contribution is 2.41. The molecule has 3 aliphatic rings. The van der Waals surface area contributed by atoms with Gasteiger partial charge in [-0.3, -0.25) is 9.69 Å². The molecule has 1 aliphatic carbocycles. The van der Waals surface area contributed by atoms with Gasteiger partial charge in [-0.25, -0.2) is 9.59 Å². The minimum Gasteiger partial charge on any atom is -0.490 e. The molecule has 1 saturated carbocycles. The molecule has 1 saturated heterocycles. The van der Waals surface area contributed by atoms with Gasteiger partial charge in [0.25, 0.3) is 5.91 Å². The van der Waals surface area contributed by atoms with E-state index < -0.39 is 24.3 Å². The summed E-state index contributed by atoms with van der Waals surface area (Å²) in [6, 6.07) is 21.4. The van der Waals surface area contributed by atoms with Crippen LogP contribution in [-0.2, 0) is 11.3 Å². The molecule has 0 unspecified atom stereocenters. The van der Waals surface area contributed by atoms with Gasteiger partial charge in [0, 0.05) is 35.7 Å². The van der Waals surface area contributed by atoms with E-state index in [9.17, 15) is 24.6 Å². The van der Waals surface area contributed by atoms with Crippen LogP contribution in [0.4, 0.5) is 9.59 Å². The fourth-order valence-electron chi connectivity index (χ4n) is 6.38. The molecule has 0 aromatic heterocycles. The van der Waals surface area contributed by atoms with E-state index in [1.807, 2.05) is 84.6 Å². The molecule has 10 nitrogen and oxygen atoms in total. The van der Waals surface area contributed by atoms with Gasteiger partial charge in [0.05, 0.1) is 12.1 Å². The molecule has 46 heavy (non-hydrogen) atoms. The van der Waals surface area contributed by atoms with Crippen molar-refractivity contribution in [3.8, 4) is 11.5 Å². The number of hydrogen-bond acceptors (Lipinski definition) is 5. The molecule has 11 heteroatoms. The summed E-state index contributed by atoms with van der Waals surface area (Å²) < 4.78 is 12.6. The first-order valence-electron chi connectivity index (χ1n) is 15.4. The van der Waals surface area contributed by atoms with E-state index in [-0.39, 0.29) is 31.5 Å². The Morgan fingerprint density at radius 1 is 0.870 bits per heavy atom. The lowest BCUT2D eigenvalue weighted by Crippen LogP contribution is -2.65. The second kappa shape index (κ2) is 13.5. The summed E-state index contributed by atoms with van der Waals surface area (Å²) in [6.07, 6.45) is -0.322. The molecule has 2 bridgehead atoms. The maximum Gasteiger partial charge on any atom is 0.408 e. The molecule has 2 atom stereocenters. The van der Waals surface area contributed by atoms with Crippen molar-refractivity contribution in [3.63, 3.8) is 0 Å². The molecule has 3 aromatic rings. The number of aryl methyl sites for hydroxylation is 1. The molecular formula is C35H36BrN3O7. The van der Waals surface area contributed by atoms with E-state index in [1.54, 1.807) is 0 Å². The number of halogens is 1. The number of benzene rings is 3. The Bertz CT molecular complexity index is 1640. The lowest BCUT2D eigenvalue weighted by Gasteiger charge is -2.49. The van der Waals surface area contributed by atoms with Crippen molar-refractivity contribution in [1.82, 2.24) is 14.7 Å². The maximum atomic E-state index is 14.6. The van der Waals surface area contributed by atoms with Gasteiger partial charge in [0.2, 0.25) is 0 Å². The van der Waals surface area contributed by atoms with Crippen molar-refractivity contribution in [2.45, 2.75) is 50.9 Å². The van der Waals surface area contributed by atoms with Gasteiger partial charge >= 0.3 is 12.2 Å². The van der Waals surface area contributed by atoms with Gasteiger partial charge < -0.3 is 29.5 Å². The summed E-state index contributed by atoms with van der Waals surface area (Å²) in [5.41, 5.74) is 3.98. The highest BCUT2D eigenvalue weighted by molar-refractivity contribution is 9.10. The Labute approximate surface area is 275 Å². The molecule has 2 aliphatic heterocycles. The minimum atomic E-state index is -1.16. The number of rotatable bonds is 10. The Morgan fingerprint density at radius 2 is 1.50 bits per heavy atom. The molecule has 2 fully saturated rings. The molecule has 0 radical (unpaired) electrons. The van der Waals surface area contributed by atoms with Gasteiger partial charge in [0.15, 0.2) is 0 Å². The SMILES string of the molecule is Cc1ccccc1CN(C(=O)C1=C(c2ccc(OCCOc3ccc(Br)cc3)cc2)C[C@@H]2CN(C(=O)O)C[C@H]1N2C(=O)O)C1CC1. The predicted octanol–water partition coefficient (Wildman–Crippen LogP) is 6.27. The van der Waals surface area contributed by atoms with Crippen LogP contribution in [0.2, 0.25) is 0 Å². The number of ether oxygens (including phenoxy) is 2. The molecular weight excluding hydrogens is 654 g/mol. The van der Waals surface area contributed by atoms with Crippen LogP contribution in [0.3, 0.4) is 0 Å². The third-order valence-corrected chi connectivity index (χ3v) is 9.39. The number of fused-ring (bicyclic) bond motifs is 2. The summed E-state index contributed by atoms with van der Waals surface area (Å²) in [7, 11) is 0. The van der Waals surface area contributed by atoms with Crippen molar-refractivity contribution in [2.24, 2.45) is 0 Å². The van der Waals surface area contributed by atoms with Crippen LogP contribution < -0.4 is 9.47 Å². The average molecular weight is 691 g/mol. The smallest absolute Gasteiger partial charge is 0.408 e. The zero-order valence-corrected chi connectivity index (χ0v) is 27.1. The van der Waals surface area contributed by atoms with Crippen molar-refractivity contribution in [2.75, 3.05) is 26.3 Å². The van der Waals surface area contributed by atoms with Gasteiger partial charge in [-0.2, -0.15) is 0 Å². The molecule has 0 spiro atoms. The van der Waals surface area contributed by atoms with Crippen LogP contribution in [0.1, 0.15) is 36.0 Å². The standard InChI is InChI=1S/C35H36BrN3O7/c1-22-4-2-3-5-24(22)19-38(26-10-11-26)33(40)32-30(18-27-20-37(34(41)42)21-31(32)39(27)35(43)44)23-6-12-28(13-7-23)45-16-17-46-29-14-8-25(36)9-15-29/h2-9,12-15,26-27,31H,10-11,16-21H2,1H3,(H,41,42)(H,43,44)/t27-,31-/m1/s1. The summed E-state index contributed by atoms with van der Waals surface area (Å²) in [5.74, 6) is 1.14. The number of nitrogens with zero attached hydrogens (tertiary/aromatic N) is 3. The Morgan fingerprint density at radius 3 is 2.09 bits per heavy atom. The fourth-order valence-corrected chi connectivity index (χ4v) is 6.64. The van der Waals surface area contributed by atoms with E-state index in [2.05, 4.69) is 15.9 Å². The van der Waals surface area contributed by atoms with Crippen LogP contribution in [-0.4, -0.2) is 87.4 Å². The Balaban J connectivity index is 1.29. The molecule has 2 N–H and O–H groups in total. The average Bonchev–Trinajstić information content (AvgIpc) is 3.88. The van der Waals surface area contributed by atoms with Crippen molar-refractivity contribution in [1.29, 1.82) is 0 Å². The zero-order valence-electron chi connectivity index (χ0n) is 25.5. The van der Waals surface area contributed by atoms with Crippen LogP contribution >= 0.6 is 15.9 Å². The van der Waals surface area contributed by atoms with Crippen LogP contribution in [0, 0.1) is 6.92 Å². The third kappa shape index (κ3) is 6.84. The lowest BCUT2D eigenvalue weighted by atomic mass is 9.81. The summed E-state index contributed by atoms with van der Waals surface area (Å²) in [5, 5.41) is 20.1. The van der Waals surface area contributed by atoms with Crippen molar-refractivity contribution >= 4 is 39.6 Å². The quantitative estimate of drug-likeness (QED) is 0.241. The monoisotopic (exact) mass is 689 g/mol. The number of hydrogen-bond donors (Lipinski definition) is 2. The zero-order chi connectivity index (χ0) is 32.4. The highest BCUT2D eigenvalue weighted by atomic mass is 79.9. The van der Waals surface area contributed by atoms with Gasteiger partial charge in [-0.1, -0.05) is 52.3 Å². The lowest BCUT2D eigenvalue weighted by molar-refractivity contribution is -0.129. The second-order valence-corrected chi connectivity index (χ2v) is 12.8. The predicted molar refractivity (Wildman–Crippen MR) is 175 cm³/mol. The first-order valence-corrected chi connectivity index (χ1v) is 16.2. The van der Waals surface area contributed by atoms with Crippen LogP contribution in [0.25, 0.3) is 5.57 Å². The second-order valence-electron chi connectivity index (χ2n) is 11.9. The highest BCUT2D eigenvalue weighted by Gasteiger charge is 2.49. The largest absolute Gasteiger partial charge is 0.490 e. The van der Waals surface area contributed by atoms with Crippen molar-refractivity contribution in [3.05, 3.63) is 99.5 Å². The topological polar surface area (TPSA) is 120 Å². The van der Waals surface area contributed by atoms with E-state index in [1.165, 1.54) is 9.80 Å². The molecule has 6 rings (SSSR count). The molecule has 240 valence electrons. The minimum absolute atomic E-state index is 0.0399. The molecule has 3 aromatic carbocycles. The first kappa shape index (κ1) is 31.5. The van der Waals surface area contributed by atoms with E-state index in [0.717, 1.165) is 45.3 Å². The van der Waals surface area contributed by atoms with E-state index in [4.69, 9.17) is 9.47 Å². The number of piperazine rings is 1. The summed E-state index contributed by atoms with van der Waals surface area (Å²) in [4.78, 5) is 43.7. The normalized spacial score (nSPS) is 19.1. The van der Waals surface area contributed by atoms with Crippen molar-refractivity contribution < 1.29 is 34.1 Å². The number of carboxylic acid groups (broad SMARTS) is 2. The van der Waals surface area contributed by atoms with Crippen LogP contribution in [0.15, 0.2) is 82.8 Å². The maximum absolute atomic E-state index is 14.6. The molecule has 3 amide bonds. The Hall–Kier alpha value is -4.51. The Kier molecular flexibility index (Phi) is 9.21. The van der Waals surface area contributed by atoms with Gasteiger partial charge in [-0.15, -0.1) is 0 Å². The van der Waals surface area contributed by atoms with E-state index >= 15 is 0 Å². The summed E-state index contributed by atoms with van der Waals surface area (Å²) in [6.45, 7) is 3.03. The number of amides is 3. The summed E-state index contributed by atoms with van der Waals surface area (Å²) >= 11 is 3.41. The van der Waals surface area contributed by atoms with Gasteiger partial charge in [0.1, 0.15) is 24.7 Å². The van der Waals surface area contributed by atoms with E-state index in [0.29, 0.717) is 31.1 Å². The molecule has 2 heterocycles. The fraction of sp³-hybridized carbons (Fsp3) is 0.343.